The number of hydrogen-bond donors (Lipinski definition) is 2. The first kappa shape index (κ1) is 12.9. The number of aliphatic hydroxyl groups excluding tert-OH is 1. The van der Waals surface area contributed by atoms with Crippen LogP contribution in [0.3, 0.4) is 0 Å². The van der Waals surface area contributed by atoms with Crippen LogP contribution in [0.4, 0.5) is 0 Å². The fourth-order valence-corrected chi connectivity index (χ4v) is 3.29. The van der Waals surface area contributed by atoms with E-state index in [4.69, 9.17) is 0 Å². The SMILES string of the molecule is CC(C)C(O)CNCC1CSc2ccccc21. The number of aliphatic hydroxyl groups is 1. The van der Waals surface area contributed by atoms with Crippen LogP contribution in [0, 0.1) is 5.92 Å². The summed E-state index contributed by atoms with van der Waals surface area (Å²) in [5.74, 6) is 2.08. The fourth-order valence-electron chi connectivity index (χ4n) is 2.04. The number of thioether (sulfide) groups is 1. The molecule has 1 aliphatic heterocycles. The molecule has 0 aromatic heterocycles. The molecule has 0 aliphatic carbocycles. The summed E-state index contributed by atoms with van der Waals surface area (Å²) in [6, 6.07) is 8.63. The minimum Gasteiger partial charge on any atom is -0.392 e. The van der Waals surface area contributed by atoms with Gasteiger partial charge in [-0.3, -0.25) is 0 Å². The van der Waals surface area contributed by atoms with Crippen molar-refractivity contribution < 1.29 is 5.11 Å². The number of benzene rings is 1. The maximum absolute atomic E-state index is 9.73. The van der Waals surface area contributed by atoms with Gasteiger partial charge in [-0.25, -0.2) is 0 Å². The summed E-state index contributed by atoms with van der Waals surface area (Å²) in [7, 11) is 0. The Balaban J connectivity index is 1.82. The zero-order valence-electron chi connectivity index (χ0n) is 10.5. The Kier molecular flexibility index (Phi) is 4.48. The Labute approximate surface area is 108 Å². The van der Waals surface area contributed by atoms with Crippen molar-refractivity contribution in [1.29, 1.82) is 0 Å². The molecule has 2 nitrogen and oxygen atoms in total. The van der Waals surface area contributed by atoms with Crippen molar-refractivity contribution >= 4 is 11.8 Å². The van der Waals surface area contributed by atoms with Gasteiger partial charge in [-0.15, -0.1) is 11.8 Å². The first-order valence-electron chi connectivity index (χ1n) is 6.29. The van der Waals surface area contributed by atoms with Crippen LogP contribution in [0.1, 0.15) is 25.3 Å². The molecule has 0 saturated heterocycles. The summed E-state index contributed by atoms with van der Waals surface area (Å²) >= 11 is 1.94. The van der Waals surface area contributed by atoms with Crippen molar-refractivity contribution in [3.8, 4) is 0 Å². The Bertz CT molecular complexity index is 367. The van der Waals surface area contributed by atoms with Crippen LogP contribution < -0.4 is 5.32 Å². The highest BCUT2D eigenvalue weighted by Gasteiger charge is 2.22. The van der Waals surface area contributed by atoms with Gasteiger partial charge < -0.3 is 10.4 Å². The largest absolute Gasteiger partial charge is 0.392 e. The van der Waals surface area contributed by atoms with Crippen molar-refractivity contribution in [2.75, 3.05) is 18.8 Å². The van der Waals surface area contributed by atoms with E-state index < -0.39 is 0 Å². The van der Waals surface area contributed by atoms with Crippen LogP contribution in [0.25, 0.3) is 0 Å². The van der Waals surface area contributed by atoms with E-state index in [-0.39, 0.29) is 6.10 Å². The van der Waals surface area contributed by atoms with E-state index in [0.717, 1.165) is 12.3 Å². The van der Waals surface area contributed by atoms with Crippen LogP contribution in [-0.2, 0) is 0 Å². The average molecular weight is 251 g/mol. The molecule has 2 N–H and O–H groups in total. The van der Waals surface area contributed by atoms with Gasteiger partial charge in [0.05, 0.1) is 6.10 Å². The molecule has 1 aliphatic rings. The van der Waals surface area contributed by atoms with Gasteiger partial charge in [-0.05, 0) is 17.5 Å². The van der Waals surface area contributed by atoms with E-state index in [2.05, 4.69) is 29.6 Å². The molecule has 2 unspecified atom stereocenters. The second-order valence-electron chi connectivity index (χ2n) is 5.02. The van der Waals surface area contributed by atoms with Gasteiger partial charge in [-0.1, -0.05) is 32.0 Å². The van der Waals surface area contributed by atoms with E-state index in [0.29, 0.717) is 18.4 Å². The second kappa shape index (κ2) is 5.89. The van der Waals surface area contributed by atoms with Gasteiger partial charge in [0, 0.05) is 29.7 Å². The lowest BCUT2D eigenvalue weighted by molar-refractivity contribution is 0.123. The number of nitrogens with one attached hydrogen (secondary N) is 1. The van der Waals surface area contributed by atoms with Crippen molar-refractivity contribution in [3.63, 3.8) is 0 Å². The Morgan fingerprint density at radius 3 is 2.94 bits per heavy atom. The van der Waals surface area contributed by atoms with Gasteiger partial charge in [-0.2, -0.15) is 0 Å². The summed E-state index contributed by atoms with van der Waals surface area (Å²) in [6.07, 6.45) is -0.237. The first-order valence-corrected chi connectivity index (χ1v) is 7.27. The molecule has 1 aromatic carbocycles. The number of fused-ring (bicyclic) bond motifs is 1. The Morgan fingerprint density at radius 2 is 2.18 bits per heavy atom. The molecular formula is C14H21NOS. The number of rotatable bonds is 5. The van der Waals surface area contributed by atoms with Gasteiger partial charge >= 0.3 is 0 Å². The van der Waals surface area contributed by atoms with E-state index >= 15 is 0 Å². The van der Waals surface area contributed by atoms with E-state index in [1.54, 1.807) is 0 Å². The van der Waals surface area contributed by atoms with Crippen molar-refractivity contribution in [2.45, 2.75) is 30.8 Å². The number of hydrogen-bond acceptors (Lipinski definition) is 3. The van der Waals surface area contributed by atoms with E-state index in [1.807, 2.05) is 25.6 Å². The normalized spacial score (nSPS) is 20.6. The molecule has 94 valence electrons. The molecule has 0 saturated carbocycles. The van der Waals surface area contributed by atoms with Gasteiger partial charge in [0.15, 0.2) is 0 Å². The lowest BCUT2D eigenvalue weighted by atomic mass is 10.0. The molecule has 3 heteroatoms. The average Bonchev–Trinajstić information content (AvgIpc) is 2.72. The molecule has 1 aromatic rings. The molecule has 0 fully saturated rings. The maximum Gasteiger partial charge on any atom is 0.0687 e. The van der Waals surface area contributed by atoms with Crippen LogP contribution in [-0.4, -0.2) is 30.1 Å². The lowest BCUT2D eigenvalue weighted by Gasteiger charge is -2.17. The summed E-state index contributed by atoms with van der Waals surface area (Å²) in [5.41, 5.74) is 1.46. The first-order chi connectivity index (χ1) is 8.18. The van der Waals surface area contributed by atoms with E-state index in [1.165, 1.54) is 10.5 Å². The van der Waals surface area contributed by atoms with E-state index in [9.17, 15) is 5.11 Å². The maximum atomic E-state index is 9.73. The molecule has 2 atom stereocenters. The third-order valence-corrected chi connectivity index (χ3v) is 4.56. The molecule has 0 spiro atoms. The quantitative estimate of drug-likeness (QED) is 0.843. The highest BCUT2D eigenvalue weighted by Crippen LogP contribution is 2.38. The fraction of sp³-hybridized carbons (Fsp3) is 0.571. The molecule has 2 rings (SSSR count). The second-order valence-corrected chi connectivity index (χ2v) is 6.08. The highest BCUT2D eigenvalue weighted by molar-refractivity contribution is 7.99. The van der Waals surface area contributed by atoms with Gasteiger partial charge in [0.25, 0.3) is 0 Å². The van der Waals surface area contributed by atoms with Crippen LogP contribution in [0.5, 0.6) is 0 Å². The van der Waals surface area contributed by atoms with Crippen LogP contribution in [0.15, 0.2) is 29.2 Å². The predicted molar refractivity (Wildman–Crippen MR) is 73.6 cm³/mol. The Hall–Kier alpha value is -0.510. The molecule has 1 heterocycles. The van der Waals surface area contributed by atoms with Crippen molar-refractivity contribution in [2.24, 2.45) is 5.92 Å². The standard InChI is InChI=1S/C14H21NOS/c1-10(2)13(16)8-15-7-11-9-17-14-6-4-3-5-12(11)14/h3-6,10-11,13,15-16H,7-9H2,1-2H3. The van der Waals surface area contributed by atoms with Crippen LogP contribution in [0.2, 0.25) is 0 Å². The third kappa shape index (κ3) is 3.24. The summed E-state index contributed by atoms with van der Waals surface area (Å²) < 4.78 is 0. The third-order valence-electron chi connectivity index (χ3n) is 3.31. The zero-order chi connectivity index (χ0) is 12.3. The molecule has 0 radical (unpaired) electrons. The lowest BCUT2D eigenvalue weighted by Crippen LogP contribution is -2.33. The smallest absolute Gasteiger partial charge is 0.0687 e. The minimum atomic E-state index is -0.237. The summed E-state index contributed by atoms with van der Waals surface area (Å²) in [5, 5.41) is 13.1. The summed E-state index contributed by atoms with van der Waals surface area (Å²) in [6.45, 7) is 5.76. The topological polar surface area (TPSA) is 32.3 Å². The minimum absolute atomic E-state index is 0.237. The highest BCUT2D eigenvalue weighted by atomic mass is 32.2. The molecule has 17 heavy (non-hydrogen) atoms. The predicted octanol–water partition coefficient (Wildman–Crippen LogP) is 2.48. The van der Waals surface area contributed by atoms with Crippen molar-refractivity contribution in [3.05, 3.63) is 29.8 Å². The van der Waals surface area contributed by atoms with Gasteiger partial charge in [0.1, 0.15) is 0 Å². The zero-order valence-corrected chi connectivity index (χ0v) is 11.3. The monoisotopic (exact) mass is 251 g/mol. The van der Waals surface area contributed by atoms with Crippen LogP contribution >= 0.6 is 11.8 Å². The Morgan fingerprint density at radius 1 is 1.41 bits per heavy atom. The molecule has 0 bridgehead atoms. The summed E-state index contributed by atoms with van der Waals surface area (Å²) in [4.78, 5) is 1.42. The molecular weight excluding hydrogens is 230 g/mol. The van der Waals surface area contributed by atoms with Crippen molar-refractivity contribution in [1.82, 2.24) is 5.32 Å². The van der Waals surface area contributed by atoms with Gasteiger partial charge in [0.2, 0.25) is 0 Å². The molecule has 0 amide bonds.